The van der Waals surface area contributed by atoms with E-state index in [1.807, 2.05) is 0 Å². The highest BCUT2D eigenvalue weighted by Crippen LogP contribution is 2.09. The Bertz CT molecular complexity index is 117. The van der Waals surface area contributed by atoms with Crippen LogP contribution in [0.15, 0.2) is 0 Å². The fourth-order valence-corrected chi connectivity index (χ4v) is 1.26. The Labute approximate surface area is 61.0 Å². The quantitative estimate of drug-likeness (QED) is 0.535. The van der Waals surface area contributed by atoms with E-state index in [4.69, 9.17) is 5.73 Å². The van der Waals surface area contributed by atoms with E-state index >= 15 is 0 Å². The molecule has 1 fully saturated rings. The van der Waals surface area contributed by atoms with Crippen LogP contribution in [0.3, 0.4) is 0 Å². The minimum Gasteiger partial charge on any atom is -0.369 e. The first-order valence-corrected chi connectivity index (χ1v) is 3.81. The van der Waals surface area contributed by atoms with Crippen LogP contribution in [0, 0.1) is 5.92 Å². The van der Waals surface area contributed by atoms with E-state index in [1.54, 1.807) is 0 Å². The molecule has 1 aliphatic heterocycles. The molecule has 0 bridgehead atoms. The van der Waals surface area contributed by atoms with Crippen LogP contribution < -0.4 is 11.1 Å². The zero-order valence-electron chi connectivity index (χ0n) is 6.10. The van der Waals surface area contributed by atoms with Gasteiger partial charge in [-0.1, -0.05) is 6.42 Å². The molecule has 0 aromatic heterocycles. The van der Waals surface area contributed by atoms with Gasteiger partial charge in [0.15, 0.2) is 0 Å². The van der Waals surface area contributed by atoms with E-state index < -0.39 is 0 Å². The second-order valence-corrected chi connectivity index (χ2v) is 2.80. The van der Waals surface area contributed by atoms with Crippen molar-refractivity contribution in [2.75, 3.05) is 13.1 Å². The van der Waals surface area contributed by atoms with Crippen LogP contribution in [0.4, 0.5) is 0 Å². The van der Waals surface area contributed by atoms with Crippen LogP contribution in [-0.2, 0) is 4.79 Å². The second-order valence-electron chi connectivity index (χ2n) is 2.80. The van der Waals surface area contributed by atoms with E-state index in [0.717, 1.165) is 25.9 Å². The van der Waals surface area contributed by atoms with Gasteiger partial charge in [-0.2, -0.15) is 0 Å². The number of carbonyl (C=O) groups excluding carboxylic acids is 1. The Hall–Kier alpha value is -0.570. The van der Waals surface area contributed by atoms with Crippen LogP contribution in [0.2, 0.25) is 0 Å². The lowest BCUT2D eigenvalue weighted by molar-refractivity contribution is -0.121. The summed E-state index contributed by atoms with van der Waals surface area (Å²) in [6.07, 6.45) is 3.26. The minimum absolute atomic E-state index is 0.0718. The maximum atomic E-state index is 10.7. The average molecular weight is 142 g/mol. The van der Waals surface area contributed by atoms with Gasteiger partial charge in [-0.05, 0) is 19.4 Å². The van der Waals surface area contributed by atoms with Gasteiger partial charge in [0.05, 0.1) is 5.92 Å². The Morgan fingerprint density at radius 3 is 3.00 bits per heavy atom. The fourth-order valence-electron chi connectivity index (χ4n) is 1.26. The van der Waals surface area contributed by atoms with Gasteiger partial charge in [0, 0.05) is 6.54 Å². The molecule has 1 atom stereocenters. The highest BCUT2D eigenvalue weighted by Gasteiger charge is 2.16. The summed E-state index contributed by atoms with van der Waals surface area (Å²) in [6, 6.07) is 0. The van der Waals surface area contributed by atoms with Crippen molar-refractivity contribution < 1.29 is 4.79 Å². The number of carbonyl (C=O) groups is 1. The summed E-state index contributed by atoms with van der Waals surface area (Å²) in [5, 5.41) is 3.18. The third kappa shape index (κ3) is 1.99. The van der Waals surface area contributed by atoms with E-state index in [1.165, 1.54) is 6.42 Å². The molecule has 3 heteroatoms. The molecule has 1 rings (SSSR count). The first-order chi connectivity index (χ1) is 4.80. The van der Waals surface area contributed by atoms with E-state index in [-0.39, 0.29) is 11.8 Å². The third-order valence-corrected chi connectivity index (χ3v) is 1.95. The SMILES string of the molecule is NC(=O)[C@@H]1CCCCNC1. The molecule has 0 aromatic rings. The van der Waals surface area contributed by atoms with E-state index in [9.17, 15) is 4.79 Å². The highest BCUT2D eigenvalue weighted by molar-refractivity contribution is 5.76. The van der Waals surface area contributed by atoms with Crippen molar-refractivity contribution in [2.45, 2.75) is 19.3 Å². The number of hydrogen-bond donors (Lipinski definition) is 2. The van der Waals surface area contributed by atoms with Crippen molar-refractivity contribution >= 4 is 5.91 Å². The smallest absolute Gasteiger partial charge is 0.221 e. The summed E-state index contributed by atoms with van der Waals surface area (Å²) >= 11 is 0. The molecular formula is C7H14N2O. The van der Waals surface area contributed by atoms with Crippen molar-refractivity contribution in [2.24, 2.45) is 11.7 Å². The van der Waals surface area contributed by atoms with E-state index in [0.29, 0.717) is 0 Å². The van der Waals surface area contributed by atoms with Gasteiger partial charge in [0.2, 0.25) is 5.91 Å². The summed E-state index contributed by atoms with van der Waals surface area (Å²) in [5.41, 5.74) is 5.16. The zero-order valence-corrected chi connectivity index (χ0v) is 6.10. The molecule has 0 aliphatic carbocycles. The summed E-state index contributed by atoms with van der Waals surface area (Å²) in [7, 11) is 0. The Morgan fingerprint density at radius 1 is 1.50 bits per heavy atom. The van der Waals surface area contributed by atoms with Crippen molar-refractivity contribution in [3.63, 3.8) is 0 Å². The molecule has 1 heterocycles. The predicted molar refractivity (Wildman–Crippen MR) is 39.4 cm³/mol. The lowest BCUT2D eigenvalue weighted by atomic mass is 10.0. The average Bonchev–Trinajstić information content (AvgIpc) is 2.12. The first kappa shape index (κ1) is 7.54. The Kier molecular flexibility index (Phi) is 2.68. The lowest BCUT2D eigenvalue weighted by Crippen LogP contribution is -2.31. The number of nitrogens with two attached hydrogens (primary N) is 1. The van der Waals surface area contributed by atoms with Crippen molar-refractivity contribution in [1.29, 1.82) is 0 Å². The van der Waals surface area contributed by atoms with Gasteiger partial charge >= 0.3 is 0 Å². The largest absolute Gasteiger partial charge is 0.369 e. The highest BCUT2D eigenvalue weighted by atomic mass is 16.1. The fraction of sp³-hybridized carbons (Fsp3) is 0.857. The molecule has 0 aromatic carbocycles. The van der Waals surface area contributed by atoms with Crippen LogP contribution in [0.1, 0.15) is 19.3 Å². The maximum absolute atomic E-state index is 10.7. The molecule has 3 nitrogen and oxygen atoms in total. The number of hydrogen-bond acceptors (Lipinski definition) is 2. The van der Waals surface area contributed by atoms with Gasteiger partial charge in [0.25, 0.3) is 0 Å². The standard InChI is InChI=1S/C7H14N2O/c8-7(10)6-3-1-2-4-9-5-6/h6,9H,1-5H2,(H2,8,10)/t6-/m1/s1. The number of primary amides is 1. The molecular weight excluding hydrogens is 128 g/mol. The number of amides is 1. The van der Waals surface area contributed by atoms with Crippen molar-refractivity contribution in [3.05, 3.63) is 0 Å². The molecule has 0 radical (unpaired) electrons. The van der Waals surface area contributed by atoms with E-state index in [2.05, 4.69) is 5.32 Å². The molecule has 3 N–H and O–H groups in total. The number of rotatable bonds is 1. The molecule has 1 saturated heterocycles. The summed E-state index contributed by atoms with van der Waals surface area (Å²) in [5.74, 6) is -0.0862. The topological polar surface area (TPSA) is 55.1 Å². The molecule has 0 spiro atoms. The van der Waals surface area contributed by atoms with Crippen LogP contribution in [0.25, 0.3) is 0 Å². The monoisotopic (exact) mass is 142 g/mol. The van der Waals surface area contributed by atoms with Gasteiger partial charge in [-0.25, -0.2) is 0 Å². The molecule has 58 valence electrons. The van der Waals surface area contributed by atoms with Gasteiger partial charge in [-0.3, -0.25) is 4.79 Å². The van der Waals surface area contributed by atoms with Crippen molar-refractivity contribution in [1.82, 2.24) is 5.32 Å². The summed E-state index contributed by atoms with van der Waals surface area (Å²) in [6.45, 7) is 1.80. The van der Waals surface area contributed by atoms with Gasteiger partial charge < -0.3 is 11.1 Å². The van der Waals surface area contributed by atoms with Crippen LogP contribution >= 0.6 is 0 Å². The number of nitrogens with one attached hydrogen (secondary N) is 1. The van der Waals surface area contributed by atoms with Crippen LogP contribution in [0.5, 0.6) is 0 Å². The molecule has 10 heavy (non-hydrogen) atoms. The Balaban J connectivity index is 2.35. The molecule has 1 amide bonds. The zero-order chi connectivity index (χ0) is 7.40. The van der Waals surface area contributed by atoms with Crippen molar-refractivity contribution in [3.8, 4) is 0 Å². The predicted octanol–water partition coefficient (Wildman–Crippen LogP) is -0.139. The normalized spacial score (nSPS) is 27.4. The summed E-state index contributed by atoms with van der Waals surface area (Å²) < 4.78 is 0. The Morgan fingerprint density at radius 2 is 2.30 bits per heavy atom. The molecule has 0 unspecified atom stereocenters. The first-order valence-electron chi connectivity index (χ1n) is 3.81. The maximum Gasteiger partial charge on any atom is 0.221 e. The third-order valence-electron chi connectivity index (χ3n) is 1.95. The van der Waals surface area contributed by atoms with Gasteiger partial charge in [0.1, 0.15) is 0 Å². The molecule has 1 aliphatic rings. The van der Waals surface area contributed by atoms with Gasteiger partial charge in [-0.15, -0.1) is 0 Å². The summed E-state index contributed by atoms with van der Waals surface area (Å²) in [4.78, 5) is 10.7. The second kappa shape index (κ2) is 3.56. The van der Waals surface area contributed by atoms with Crippen LogP contribution in [-0.4, -0.2) is 19.0 Å². The lowest BCUT2D eigenvalue weighted by Gasteiger charge is -2.07. The molecule has 0 saturated carbocycles. The minimum atomic E-state index is -0.158.